The molecule has 1 aliphatic carbocycles. The molecule has 168 valence electrons. The molecule has 0 radical (unpaired) electrons. The minimum atomic E-state index is -1.11. The summed E-state index contributed by atoms with van der Waals surface area (Å²) in [5.41, 5.74) is 5.55. The van der Waals surface area contributed by atoms with Crippen molar-refractivity contribution in [3.63, 3.8) is 0 Å². The molecule has 2 aromatic heterocycles. The zero-order valence-electron chi connectivity index (χ0n) is 17.6. The molecule has 0 saturated heterocycles. The van der Waals surface area contributed by atoms with Crippen molar-refractivity contribution in [2.24, 2.45) is 11.1 Å². The van der Waals surface area contributed by atoms with E-state index in [0.29, 0.717) is 48.0 Å². The standard InChI is InChI=1S/C21H24N6O5/c1-30-15-4-2-5-16(8-15)31-12-14-10-27(26-25-14)11-17-18(32-13-24-17)9-23-20(29)21(19(22)28)6-3-7-21/h2,4-5,8,10,13H,3,6-7,9,11-12H2,1H3,(H2,22,28)(H,23,29). The Kier molecular flexibility index (Phi) is 6.06. The van der Waals surface area contributed by atoms with E-state index in [0.717, 1.165) is 6.42 Å². The third kappa shape index (κ3) is 4.41. The number of rotatable bonds is 10. The molecule has 0 atom stereocenters. The Balaban J connectivity index is 1.33. The van der Waals surface area contributed by atoms with Gasteiger partial charge < -0.3 is 24.9 Å². The van der Waals surface area contributed by atoms with Crippen LogP contribution in [0.25, 0.3) is 0 Å². The number of primary amides is 1. The van der Waals surface area contributed by atoms with Gasteiger partial charge in [-0.15, -0.1) is 5.10 Å². The molecule has 3 aromatic rings. The van der Waals surface area contributed by atoms with E-state index in [1.165, 1.54) is 6.39 Å². The van der Waals surface area contributed by atoms with E-state index in [-0.39, 0.29) is 19.1 Å². The lowest BCUT2D eigenvalue weighted by molar-refractivity contribution is -0.147. The van der Waals surface area contributed by atoms with Crippen molar-refractivity contribution in [2.45, 2.75) is 39.0 Å². The number of benzene rings is 1. The van der Waals surface area contributed by atoms with Gasteiger partial charge in [-0.25, -0.2) is 9.67 Å². The largest absolute Gasteiger partial charge is 0.497 e. The molecule has 4 rings (SSSR count). The molecule has 1 aliphatic rings. The first-order valence-electron chi connectivity index (χ1n) is 10.2. The molecule has 32 heavy (non-hydrogen) atoms. The van der Waals surface area contributed by atoms with Crippen LogP contribution in [0, 0.1) is 5.41 Å². The quantitative estimate of drug-likeness (QED) is 0.447. The lowest BCUT2D eigenvalue weighted by Gasteiger charge is -2.36. The van der Waals surface area contributed by atoms with Crippen LogP contribution in [-0.4, -0.2) is 38.9 Å². The summed E-state index contributed by atoms with van der Waals surface area (Å²) in [6, 6.07) is 7.29. The van der Waals surface area contributed by atoms with Crippen LogP contribution in [0.1, 0.15) is 36.4 Å². The summed E-state index contributed by atoms with van der Waals surface area (Å²) in [7, 11) is 1.59. The van der Waals surface area contributed by atoms with Crippen LogP contribution in [0.3, 0.4) is 0 Å². The Morgan fingerprint density at radius 2 is 2.12 bits per heavy atom. The van der Waals surface area contributed by atoms with E-state index >= 15 is 0 Å². The van der Waals surface area contributed by atoms with Gasteiger partial charge in [-0.2, -0.15) is 0 Å². The van der Waals surface area contributed by atoms with Gasteiger partial charge >= 0.3 is 0 Å². The maximum atomic E-state index is 12.5. The zero-order chi connectivity index (χ0) is 22.6. The number of amides is 2. The number of nitrogens with two attached hydrogens (primary N) is 1. The molecule has 0 bridgehead atoms. The van der Waals surface area contributed by atoms with Crippen LogP contribution in [0.2, 0.25) is 0 Å². The molecule has 0 aliphatic heterocycles. The molecule has 1 aromatic carbocycles. The number of aromatic nitrogens is 4. The SMILES string of the molecule is COc1cccc(OCc2cn(Cc3ncoc3CNC(=O)C3(C(N)=O)CCC3)nn2)c1. The third-order valence-corrected chi connectivity index (χ3v) is 5.57. The van der Waals surface area contributed by atoms with Gasteiger partial charge in [0.1, 0.15) is 40.7 Å². The van der Waals surface area contributed by atoms with Crippen molar-refractivity contribution in [3.05, 3.63) is 54.0 Å². The molecular weight excluding hydrogens is 416 g/mol. The summed E-state index contributed by atoms with van der Waals surface area (Å²) < 4.78 is 17.9. The van der Waals surface area contributed by atoms with Gasteiger partial charge in [0.05, 0.1) is 26.4 Å². The van der Waals surface area contributed by atoms with Gasteiger partial charge in [0.2, 0.25) is 11.8 Å². The van der Waals surface area contributed by atoms with Gasteiger partial charge in [0.25, 0.3) is 0 Å². The Bertz CT molecular complexity index is 1100. The molecule has 2 heterocycles. The second-order valence-corrected chi connectivity index (χ2v) is 7.58. The number of nitrogens with one attached hydrogen (secondary N) is 1. The number of hydrogen-bond donors (Lipinski definition) is 2. The van der Waals surface area contributed by atoms with E-state index < -0.39 is 11.3 Å². The van der Waals surface area contributed by atoms with E-state index in [9.17, 15) is 9.59 Å². The average molecular weight is 440 g/mol. The van der Waals surface area contributed by atoms with Crippen LogP contribution in [-0.2, 0) is 29.3 Å². The second kappa shape index (κ2) is 9.08. The van der Waals surface area contributed by atoms with Gasteiger partial charge in [-0.1, -0.05) is 17.7 Å². The summed E-state index contributed by atoms with van der Waals surface area (Å²) in [6.45, 7) is 0.641. The number of carbonyl (C=O) groups excluding carboxylic acids is 2. The van der Waals surface area contributed by atoms with Crippen LogP contribution in [0.15, 0.2) is 41.3 Å². The van der Waals surface area contributed by atoms with E-state index in [1.807, 2.05) is 18.2 Å². The fourth-order valence-electron chi connectivity index (χ4n) is 3.50. The topological polar surface area (TPSA) is 147 Å². The van der Waals surface area contributed by atoms with Gasteiger partial charge in [0.15, 0.2) is 6.39 Å². The van der Waals surface area contributed by atoms with Crippen molar-refractivity contribution >= 4 is 11.8 Å². The Hall–Kier alpha value is -3.89. The van der Waals surface area contributed by atoms with Crippen molar-refractivity contribution in [1.82, 2.24) is 25.3 Å². The monoisotopic (exact) mass is 440 g/mol. The van der Waals surface area contributed by atoms with E-state index in [4.69, 9.17) is 19.6 Å². The molecule has 11 nitrogen and oxygen atoms in total. The molecule has 1 saturated carbocycles. The molecular formula is C21H24N6O5. The first kappa shape index (κ1) is 21.3. The number of oxazole rings is 1. The predicted molar refractivity (Wildman–Crippen MR) is 110 cm³/mol. The summed E-state index contributed by atoms with van der Waals surface area (Å²) >= 11 is 0. The van der Waals surface area contributed by atoms with Crippen molar-refractivity contribution in [1.29, 1.82) is 0 Å². The van der Waals surface area contributed by atoms with Gasteiger partial charge in [-0.05, 0) is 25.0 Å². The van der Waals surface area contributed by atoms with Gasteiger partial charge in [0, 0.05) is 6.07 Å². The van der Waals surface area contributed by atoms with E-state index in [1.54, 1.807) is 24.1 Å². The first-order valence-corrected chi connectivity index (χ1v) is 10.2. The van der Waals surface area contributed by atoms with Crippen LogP contribution < -0.4 is 20.5 Å². The highest BCUT2D eigenvalue weighted by Crippen LogP contribution is 2.40. The zero-order valence-corrected chi connectivity index (χ0v) is 17.6. The maximum Gasteiger partial charge on any atom is 0.236 e. The first-order chi connectivity index (χ1) is 15.5. The maximum absolute atomic E-state index is 12.5. The van der Waals surface area contributed by atoms with E-state index in [2.05, 4.69) is 20.6 Å². The fraction of sp³-hybridized carbons (Fsp3) is 0.381. The molecule has 11 heteroatoms. The Labute approximate surface area is 183 Å². The van der Waals surface area contributed by atoms with Crippen LogP contribution in [0.5, 0.6) is 11.5 Å². The number of hydrogen-bond acceptors (Lipinski definition) is 8. The smallest absolute Gasteiger partial charge is 0.236 e. The normalized spacial score (nSPS) is 14.4. The van der Waals surface area contributed by atoms with Crippen molar-refractivity contribution < 1.29 is 23.5 Å². The fourth-order valence-corrected chi connectivity index (χ4v) is 3.50. The Morgan fingerprint density at radius 3 is 2.84 bits per heavy atom. The highest BCUT2D eigenvalue weighted by molar-refractivity contribution is 6.05. The molecule has 0 unspecified atom stereocenters. The minimum absolute atomic E-state index is 0.101. The van der Waals surface area contributed by atoms with Crippen molar-refractivity contribution in [2.75, 3.05) is 7.11 Å². The highest BCUT2D eigenvalue weighted by Gasteiger charge is 2.49. The van der Waals surface area contributed by atoms with Crippen LogP contribution >= 0.6 is 0 Å². The predicted octanol–water partition coefficient (Wildman–Crippen LogP) is 1.17. The Morgan fingerprint density at radius 1 is 1.31 bits per heavy atom. The summed E-state index contributed by atoms with van der Waals surface area (Å²) in [5.74, 6) is 0.869. The summed E-state index contributed by atoms with van der Waals surface area (Å²) in [6.07, 6.45) is 4.79. The van der Waals surface area contributed by atoms with Crippen LogP contribution in [0.4, 0.5) is 0 Å². The summed E-state index contributed by atoms with van der Waals surface area (Å²) in [5, 5.41) is 10.9. The third-order valence-electron chi connectivity index (χ3n) is 5.57. The number of carbonyl (C=O) groups is 2. The molecule has 1 fully saturated rings. The number of ether oxygens (including phenoxy) is 2. The average Bonchev–Trinajstić information content (AvgIpc) is 3.39. The minimum Gasteiger partial charge on any atom is -0.497 e. The summed E-state index contributed by atoms with van der Waals surface area (Å²) in [4.78, 5) is 28.3. The molecule has 3 N–H and O–H groups in total. The number of nitrogens with zero attached hydrogens (tertiary/aromatic N) is 4. The van der Waals surface area contributed by atoms with Gasteiger partial charge in [-0.3, -0.25) is 9.59 Å². The lowest BCUT2D eigenvalue weighted by Crippen LogP contribution is -2.53. The molecule has 2 amide bonds. The highest BCUT2D eigenvalue weighted by atomic mass is 16.5. The lowest BCUT2D eigenvalue weighted by atomic mass is 9.67. The molecule has 0 spiro atoms. The van der Waals surface area contributed by atoms with Crippen molar-refractivity contribution in [3.8, 4) is 11.5 Å². The number of methoxy groups -OCH3 is 1. The second-order valence-electron chi connectivity index (χ2n) is 7.58.